The standard InChI is InChI=1S/C7H10N2O3/c1-2-5-8-9-6(12-5)3-4-7(10)11/h2-4H2,1H3,(H,10,11). The van der Waals surface area contributed by atoms with Crippen molar-refractivity contribution in [1.82, 2.24) is 10.2 Å². The second-order valence-electron chi connectivity index (χ2n) is 2.34. The topological polar surface area (TPSA) is 76.2 Å². The molecule has 0 saturated carbocycles. The van der Waals surface area contributed by atoms with Gasteiger partial charge in [0.2, 0.25) is 11.8 Å². The zero-order valence-electron chi connectivity index (χ0n) is 6.78. The summed E-state index contributed by atoms with van der Waals surface area (Å²) in [6, 6.07) is 0. The van der Waals surface area contributed by atoms with E-state index in [4.69, 9.17) is 9.52 Å². The molecule has 0 bridgehead atoms. The Morgan fingerprint density at radius 3 is 2.67 bits per heavy atom. The summed E-state index contributed by atoms with van der Waals surface area (Å²) in [4.78, 5) is 10.2. The van der Waals surface area contributed by atoms with Crippen molar-refractivity contribution >= 4 is 5.97 Å². The van der Waals surface area contributed by atoms with Gasteiger partial charge in [-0.15, -0.1) is 10.2 Å². The van der Waals surface area contributed by atoms with Gasteiger partial charge in [0.1, 0.15) is 0 Å². The van der Waals surface area contributed by atoms with Crippen molar-refractivity contribution in [2.24, 2.45) is 0 Å². The van der Waals surface area contributed by atoms with Crippen LogP contribution in [0.25, 0.3) is 0 Å². The average Bonchev–Trinajstić information content (AvgIpc) is 2.48. The van der Waals surface area contributed by atoms with Gasteiger partial charge in [0.25, 0.3) is 0 Å². The summed E-state index contributed by atoms with van der Waals surface area (Å²) >= 11 is 0. The molecule has 0 saturated heterocycles. The second kappa shape index (κ2) is 3.85. The van der Waals surface area contributed by atoms with Crippen LogP contribution in [0.3, 0.4) is 0 Å². The fourth-order valence-electron chi connectivity index (χ4n) is 0.746. The van der Waals surface area contributed by atoms with E-state index in [0.717, 1.165) is 0 Å². The Morgan fingerprint density at radius 1 is 1.50 bits per heavy atom. The van der Waals surface area contributed by atoms with Gasteiger partial charge in [0.05, 0.1) is 6.42 Å². The summed E-state index contributed by atoms with van der Waals surface area (Å²) in [5, 5.41) is 15.7. The minimum Gasteiger partial charge on any atom is -0.481 e. The molecular weight excluding hydrogens is 160 g/mol. The minimum atomic E-state index is -0.855. The first-order valence-corrected chi connectivity index (χ1v) is 3.75. The lowest BCUT2D eigenvalue weighted by atomic mass is 10.3. The molecule has 0 aromatic carbocycles. The van der Waals surface area contributed by atoms with Crippen molar-refractivity contribution in [1.29, 1.82) is 0 Å². The van der Waals surface area contributed by atoms with Gasteiger partial charge in [0, 0.05) is 12.8 Å². The van der Waals surface area contributed by atoms with E-state index in [1.165, 1.54) is 0 Å². The molecule has 0 radical (unpaired) electrons. The van der Waals surface area contributed by atoms with Gasteiger partial charge in [-0.1, -0.05) is 6.92 Å². The first kappa shape index (κ1) is 8.70. The van der Waals surface area contributed by atoms with Crippen LogP contribution >= 0.6 is 0 Å². The summed E-state index contributed by atoms with van der Waals surface area (Å²) in [6.07, 6.45) is 1.02. The van der Waals surface area contributed by atoms with E-state index in [1.54, 1.807) is 0 Å². The van der Waals surface area contributed by atoms with Crippen molar-refractivity contribution in [3.05, 3.63) is 11.8 Å². The van der Waals surface area contributed by atoms with Crippen LogP contribution in [-0.4, -0.2) is 21.3 Å². The Bertz CT molecular complexity index is 269. The lowest BCUT2D eigenvalue weighted by Gasteiger charge is -1.88. The van der Waals surface area contributed by atoms with Crippen LogP contribution in [-0.2, 0) is 17.6 Å². The largest absolute Gasteiger partial charge is 0.481 e. The SMILES string of the molecule is CCc1nnc(CCC(=O)O)o1. The monoisotopic (exact) mass is 170 g/mol. The number of hydrogen-bond acceptors (Lipinski definition) is 4. The molecule has 1 aromatic heterocycles. The fraction of sp³-hybridized carbons (Fsp3) is 0.571. The number of hydrogen-bond donors (Lipinski definition) is 1. The lowest BCUT2D eigenvalue weighted by molar-refractivity contribution is -0.137. The van der Waals surface area contributed by atoms with E-state index in [9.17, 15) is 4.79 Å². The molecule has 0 aliphatic heterocycles. The quantitative estimate of drug-likeness (QED) is 0.717. The van der Waals surface area contributed by atoms with Gasteiger partial charge in [0.15, 0.2) is 0 Å². The lowest BCUT2D eigenvalue weighted by Crippen LogP contribution is -1.97. The molecule has 1 N–H and O–H groups in total. The number of aliphatic carboxylic acids is 1. The second-order valence-corrected chi connectivity index (χ2v) is 2.34. The van der Waals surface area contributed by atoms with Gasteiger partial charge in [-0.2, -0.15) is 0 Å². The highest BCUT2D eigenvalue weighted by Gasteiger charge is 2.05. The van der Waals surface area contributed by atoms with Crippen molar-refractivity contribution in [3.63, 3.8) is 0 Å². The van der Waals surface area contributed by atoms with E-state index in [-0.39, 0.29) is 6.42 Å². The third-order valence-corrected chi connectivity index (χ3v) is 1.36. The smallest absolute Gasteiger partial charge is 0.303 e. The highest BCUT2D eigenvalue weighted by atomic mass is 16.4. The van der Waals surface area contributed by atoms with Crippen molar-refractivity contribution in [3.8, 4) is 0 Å². The number of carboxylic acids is 1. The summed E-state index contributed by atoms with van der Waals surface area (Å²) in [6.45, 7) is 1.90. The highest BCUT2D eigenvalue weighted by molar-refractivity contribution is 5.66. The molecule has 1 aromatic rings. The van der Waals surface area contributed by atoms with Crippen molar-refractivity contribution in [2.75, 3.05) is 0 Å². The molecule has 5 nitrogen and oxygen atoms in total. The van der Waals surface area contributed by atoms with Crippen LogP contribution in [0.15, 0.2) is 4.42 Å². The highest BCUT2D eigenvalue weighted by Crippen LogP contribution is 2.02. The fourth-order valence-corrected chi connectivity index (χ4v) is 0.746. The van der Waals surface area contributed by atoms with E-state index in [0.29, 0.717) is 24.6 Å². The Kier molecular flexibility index (Phi) is 2.79. The maximum absolute atomic E-state index is 10.2. The van der Waals surface area contributed by atoms with E-state index in [1.807, 2.05) is 6.92 Å². The number of carbonyl (C=O) groups is 1. The van der Waals surface area contributed by atoms with Gasteiger partial charge < -0.3 is 9.52 Å². The summed E-state index contributed by atoms with van der Waals surface area (Å²) < 4.78 is 5.10. The molecule has 5 heteroatoms. The van der Waals surface area contributed by atoms with Crippen LogP contribution in [0, 0.1) is 0 Å². The predicted molar refractivity (Wildman–Crippen MR) is 39.6 cm³/mol. The Balaban J connectivity index is 2.47. The van der Waals surface area contributed by atoms with Crippen LogP contribution < -0.4 is 0 Å². The minimum absolute atomic E-state index is 0.0331. The maximum Gasteiger partial charge on any atom is 0.303 e. The molecule has 0 atom stereocenters. The molecule has 12 heavy (non-hydrogen) atoms. The Morgan fingerprint density at radius 2 is 2.17 bits per heavy atom. The molecule has 1 rings (SSSR count). The first-order valence-electron chi connectivity index (χ1n) is 3.75. The molecule has 1 heterocycles. The average molecular weight is 170 g/mol. The van der Waals surface area contributed by atoms with Gasteiger partial charge in [-0.25, -0.2) is 0 Å². The zero-order valence-corrected chi connectivity index (χ0v) is 6.78. The third kappa shape index (κ3) is 2.34. The van der Waals surface area contributed by atoms with Crippen LogP contribution in [0.1, 0.15) is 25.1 Å². The van der Waals surface area contributed by atoms with Crippen LogP contribution in [0.5, 0.6) is 0 Å². The number of aromatic nitrogens is 2. The maximum atomic E-state index is 10.2. The van der Waals surface area contributed by atoms with E-state index >= 15 is 0 Å². The summed E-state index contributed by atoms with van der Waals surface area (Å²) in [7, 11) is 0. The van der Waals surface area contributed by atoms with Crippen LogP contribution in [0.4, 0.5) is 0 Å². The predicted octanol–water partition coefficient (Wildman–Crippen LogP) is 0.649. The van der Waals surface area contributed by atoms with Gasteiger partial charge in [-0.3, -0.25) is 4.79 Å². The van der Waals surface area contributed by atoms with Gasteiger partial charge >= 0.3 is 5.97 Å². The number of nitrogens with zero attached hydrogens (tertiary/aromatic N) is 2. The third-order valence-electron chi connectivity index (χ3n) is 1.36. The molecular formula is C7H10N2O3. The molecule has 0 amide bonds. The first-order chi connectivity index (χ1) is 5.72. The van der Waals surface area contributed by atoms with E-state index in [2.05, 4.69) is 10.2 Å². The summed E-state index contributed by atoms with van der Waals surface area (Å²) in [5.74, 6) is 0.0934. The normalized spacial score (nSPS) is 10.1. The number of carboxylic acid groups (broad SMARTS) is 1. The molecule has 0 aliphatic carbocycles. The molecule has 0 fully saturated rings. The Labute approximate surface area is 69.4 Å². The zero-order chi connectivity index (χ0) is 8.97. The summed E-state index contributed by atoms with van der Waals surface area (Å²) in [5.41, 5.74) is 0. The van der Waals surface area contributed by atoms with Gasteiger partial charge in [-0.05, 0) is 0 Å². The number of rotatable bonds is 4. The molecule has 0 unspecified atom stereocenters. The molecule has 66 valence electrons. The molecule has 0 aliphatic rings. The van der Waals surface area contributed by atoms with Crippen LogP contribution in [0.2, 0.25) is 0 Å². The number of aryl methyl sites for hydroxylation is 2. The van der Waals surface area contributed by atoms with Crippen molar-refractivity contribution in [2.45, 2.75) is 26.2 Å². The Hall–Kier alpha value is -1.39. The molecule has 0 spiro atoms. The van der Waals surface area contributed by atoms with Crippen molar-refractivity contribution < 1.29 is 14.3 Å². The van der Waals surface area contributed by atoms with E-state index < -0.39 is 5.97 Å².